The molecule has 1 heterocycles. The number of pyridine rings is 1. The Morgan fingerprint density at radius 1 is 1.56 bits per heavy atom. The molecule has 1 unspecified atom stereocenters. The molecule has 1 aromatic heterocycles. The van der Waals surface area contributed by atoms with Crippen molar-refractivity contribution in [2.45, 2.75) is 26.3 Å². The van der Waals surface area contributed by atoms with E-state index in [0.29, 0.717) is 18.0 Å². The van der Waals surface area contributed by atoms with Gasteiger partial charge in [0.05, 0.1) is 11.6 Å². The van der Waals surface area contributed by atoms with E-state index in [1.807, 2.05) is 0 Å². The lowest BCUT2D eigenvalue weighted by atomic mass is 10.0. The highest BCUT2D eigenvalue weighted by molar-refractivity contribution is 5.43. The minimum atomic E-state index is 0.210. The average molecular weight is 218 g/mol. The Balaban J connectivity index is 2.67. The third-order valence-electron chi connectivity index (χ3n) is 2.28. The van der Waals surface area contributed by atoms with E-state index >= 15 is 0 Å². The SMILES string of the molecule is CC(C)CC(CN)Nc1cc(C#N)ccn1. The molecule has 0 radical (unpaired) electrons. The largest absolute Gasteiger partial charge is 0.366 e. The van der Waals surface area contributed by atoms with Gasteiger partial charge in [-0.1, -0.05) is 13.8 Å². The van der Waals surface area contributed by atoms with Crippen LogP contribution in [0.25, 0.3) is 0 Å². The fraction of sp³-hybridized carbons (Fsp3) is 0.500. The van der Waals surface area contributed by atoms with Crippen molar-refractivity contribution in [2.24, 2.45) is 11.7 Å². The molecule has 4 heteroatoms. The first-order valence-corrected chi connectivity index (χ1v) is 5.48. The highest BCUT2D eigenvalue weighted by Crippen LogP contribution is 2.11. The third kappa shape index (κ3) is 3.87. The Labute approximate surface area is 96.5 Å². The Kier molecular flexibility index (Phi) is 4.74. The summed E-state index contributed by atoms with van der Waals surface area (Å²) in [5.41, 5.74) is 6.29. The molecule has 1 aromatic rings. The van der Waals surface area contributed by atoms with Gasteiger partial charge in [-0.2, -0.15) is 5.26 Å². The summed E-state index contributed by atoms with van der Waals surface area (Å²) >= 11 is 0. The van der Waals surface area contributed by atoms with Gasteiger partial charge in [-0.05, 0) is 24.5 Å². The monoisotopic (exact) mass is 218 g/mol. The van der Waals surface area contributed by atoms with Crippen LogP contribution in [0, 0.1) is 17.2 Å². The number of nitrogens with zero attached hydrogens (tertiary/aromatic N) is 2. The van der Waals surface area contributed by atoms with Gasteiger partial charge in [-0.25, -0.2) is 4.98 Å². The molecule has 0 amide bonds. The highest BCUT2D eigenvalue weighted by atomic mass is 15.0. The molecular weight excluding hydrogens is 200 g/mol. The van der Waals surface area contributed by atoms with E-state index in [-0.39, 0.29) is 6.04 Å². The topological polar surface area (TPSA) is 74.7 Å². The van der Waals surface area contributed by atoms with Crippen molar-refractivity contribution < 1.29 is 0 Å². The maximum atomic E-state index is 8.77. The van der Waals surface area contributed by atoms with Crippen LogP contribution in [0.15, 0.2) is 18.3 Å². The van der Waals surface area contributed by atoms with Crippen molar-refractivity contribution >= 4 is 5.82 Å². The van der Waals surface area contributed by atoms with E-state index in [2.05, 4.69) is 30.2 Å². The molecule has 16 heavy (non-hydrogen) atoms. The number of hydrogen-bond acceptors (Lipinski definition) is 4. The Morgan fingerprint density at radius 2 is 2.31 bits per heavy atom. The Bertz CT molecular complexity index is 368. The van der Waals surface area contributed by atoms with Gasteiger partial charge >= 0.3 is 0 Å². The predicted octanol–water partition coefficient (Wildman–Crippen LogP) is 1.74. The molecule has 4 nitrogen and oxygen atoms in total. The van der Waals surface area contributed by atoms with Gasteiger partial charge in [-0.15, -0.1) is 0 Å². The Hall–Kier alpha value is -1.60. The lowest BCUT2D eigenvalue weighted by molar-refractivity contribution is 0.521. The minimum absolute atomic E-state index is 0.210. The molecule has 0 saturated carbocycles. The van der Waals surface area contributed by atoms with E-state index in [9.17, 15) is 0 Å². The van der Waals surface area contributed by atoms with Crippen LogP contribution >= 0.6 is 0 Å². The van der Waals surface area contributed by atoms with E-state index in [0.717, 1.165) is 12.2 Å². The number of rotatable bonds is 5. The number of hydrogen-bond donors (Lipinski definition) is 2. The van der Waals surface area contributed by atoms with Gasteiger partial charge in [0.1, 0.15) is 5.82 Å². The fourth-order valence-corrected chi connectivity index (χ4v) is 1.57. The molecular formula is C12H18N4. The summed E-state index contributed by atoms with van der Waals surface area (Å²) in [5.74, 6) is 1.30. The predicted molar refractivity (Wildman–Crippen MR) is 64.9 cm³/mol. The molecule has 1 atom stereocenters. The van der Waals surface area contributed by atoms with Crippen LogP contribution in [0.2, 0.25) is 0 Å². The lowest BCUT2D eigenvalue weighted by Gasteiger charge is -2.19. The molecule has 0 aromatic carbocycles. The molecule has 0 bridgehead atoms. The third-order valence-corrected chi connectivity index (χ3v) is 2.28. The number of nitrogens with two attached hydrogens (primary N) is 1. The van der Waals surface area contributed by atoms with Crippen molar-refractivity contribution in [3.8, 4) is 6.07 Å². The van der Waals surface area contributed by atoms with Gasteiger partial charge in [-0.3, -0.25) is 0 Å². The van der Waals surface area contributed by atoms with Crippen LogP contribution < -0.4 is 11.1 Å². The molecule has 86 valence electrons. The summed E-state index contributed by atoms with van der Waals surface area (Å²) < 4.78 is 0. The highest BCUT2D eigenvalue weighted by Gasteiger charge is 2.09. The van der Waals surface area contributed by atoms with Gasteiger partial charge < -0.3 is 11.1 Å². The summed E-state index contributed by atoms with van der Waals surface area (Å²) in [5, 5.41) is 12.0. The number of aromatic nitrogens is 1. The molecule has 1 rings (SSSR count). The van der Waals surface area contributed by atoms with Gasteiger partial charge in [0.15, 0.2) is 0 Å². The van der Waals surface area contributed by atoms with Crippen molar-refractivity contribution in [1.82, 2.24) is 4.98 Å². The first-order valence-electron chi connectivity index (χ1n) is 5.48. The lowest BCUT2D eigenvalue weighted by Crippen LogP contribution is -2.30. The van der Waals surface area contributed by atoms with Crippen molar-refractivity contribution in [1.29, 1.82) is 5.26 Å². The number of nitriles is 1. The Morgan fingerprint density at radius 3 is 2.88 bits per heavy atom. The van der Waals surface area contributed by atoms with Gasteiger partial charge in [0.25, 0.3) is 0 Å². The number of nitrogens with one attached hydrogen (secondary N) is 1. The standard InChI is InChI=1S/C12H18N4/c1-9(2)5-11(8-14)16-12-6-10(7-13)3-4-15-12/h3-4,6,9,11H,5,8,14H2,1-2H3,(H,15,16). The second-order valence-corrected chi connectivity index (χ2v) is 4.25. The first kappa shape index (κ1) is 12.5. The molecule has 0 saturated heterocycles. The van der Waals surface area contributed by atoms with Crippen LogP contribution in [-0.2, 0) is 0 Å². The van der Waals surface area contributed by atoms with Crippen LogP contribution in [0.4, 0.5) is 5.82 Å². The van der Waals surface area contributed by atoms with Crippen LogP contribution in [0.5, 0.6) is 0 Å². The van der Waals surface area contributed by atoms with E-state index in [1.54, 1.807) is 18.3 Å². The fourth-order valence-electron chi connectivity index (χ4n) is 1.57. The van der Waals surface area contributed by atoms with Crippen LogP contribution in [-0.4, -0.2) is 17.6 Å². The first-order chi connectivity index (χ1) is 7.65. The summed E-state index contributed by atoms with van der Waals surface area (Å²) in [6, 6.07) is 5.72. The van der Waals surface area contributed by atoms with Crippen LogP contribution in [0.3, 0.4) is 0 Å². The smallest absolute Gasteiger partial charge is 0.127 e. The average Bonchev–Trinajstić information content (AvgIpc) is 2.28. The van der Waals surface area contributed by atoms with Crippen molar-refractivity contribution in [3.05, 3.63) is 23.9 Å². The van der Waals surface area contributed by atoms with Crippen LogP contribution in [0.1, 0.15) is 25.8 Å². The maximum Gasteiger partial charge on any atom is 0.127 e. The molecule has 0 fully saturated rings. The zero-order valence-electron chi connectivity index (χ0n) is 9.77. The zero-order valence-corrected chi connectivity index (χ0v) is 9.77. The number of anilines is 1. The van der Waals surface area contributed by atoms with Crippen molar-refractivity contribution in [3.63, 3.8) is 0 Å². The molecule has 0 aliphatic carbocycles. The minimum Gasteiger partial charge on any atom is -0.366 e. The molecule has 0 aliphatic heterocycles. The van der Waals surface area contributed by atoms with Gasteiger partial charge in [0, 0.05) is 18.8 Å². The van der Waals surface area contributed by atoms with E-state index in [1.165, 1.54) is 0 Å². The molecule has 0 aliphatic rings. The molecule has 0 spiro atoms. The normalized spacial score (nSPS) is 12.2. The van der Waals surface area contributed by atoms with Crippen molar-refractivity contribution in [2.75, 3.05) is 11.9 Å². The summed E-state index contributed by atoms with van der Waals surface area (Å²) in [6.45, 7) is 4.88. The van der Waals surface area contributed by atoms with E-state index in [4.69, 9.17) is 11.0 Å². The summed E-state index contributed by atoms with van der Waals surface area (Å²) in [7, 11) is 0. The maximum absolute atomic E-state index is 8.77. The van der Waals surface area contributed by atoms with E-state index < -0.39 is 0 Å². The summed E-state index contributed by atoms with van der Waals surface area (Å²) in [4.78, 5) is 4.16. The quantitative estimate of drug-likeness (QED) is 0.789. The second kappa shape index (κ2) is 6.09. The second-order valence-electron chi connectivity index (χ2n) is 4.25. The molecule has 3 N–H and O–H groups in total. The summed E-state index contributed by atoms with van der Waals surface area (Å²) in [6.07, 6.45) is 2.62. The zero-order chi connectivity index (χ0) is 12.0. The van der Waals surface area contributed by atoms with Gasteiger partial charge in [0.2, 0.25) is 0 Å².